The lowest BCUT2D eigenvalue weighted by Crippen LogP contribution is -2.72. The van der Waals surface area contributed by atoms with Crippen LogP contribution in [0.4, 0.5) is 0 Å². The van der Waals surface area contributed by atoms with E-state index in [0.717, 1.165) is 58.0 Å². The molecule has 0 amide bonds. The quantitative estimate of drug-likeness (QED) is 0.771. The van der Waals surface area contributed by atoms with Gasteiger partial charge in [0.25, 0.3) is 0 Å². The Morgan fingerprint density at radius 3 is 2.72 bits per heavy atom. The molecule has 1 aromatic rings. The minimum atomic E-state index is -0.674. The van der Waals surface area contributed by atoms with Crippen LogP contribution in [0.1, 0.15) is 56.1 Å². The van der Waals surface area contributed by atoms with Gasteiger partial charge in [-0.2, -0.15) is 0 Å². The zero-order valence-corrected chi connectivity index (χ0v) is 14.8. The summed E-state index contributed by atoms with van der Waals surface area (Å²) >= 11 is 0. The van der Waals surface area contributed by atoms with E-state index in [-0.39, 0.29) is 17.6 Å². The molecule has 3 atom stereocenters. The number of aliphatic hydroxyl groups excluding tert-OH is 1. The average molecular weight is 343 g/mol. The Hall–Kier alpha value is -1.10. The summed E-state index contributed by atoms with van der Waals surface area (Å²) in [6, 6.07) is 5.98. The van der Waals surface area contributed by atoms with Crippen LogP contribution in [0.25, 0.3) is 0 Å². The van der Waals surface area contributed by atoms with Crippen LogP contribution >= 0.6 is 0 Å². The molecule has 2 saturated carbocycles. The Kier molecular flexibility index (Phi) is 3.51. The third-order valence-electron chi connectivity index (χ3n) is 7.78. The first-order valence-corrected chi connectivity index (χ1v) is 9.99. The maximum atomic E-state index is 12.0. The first-order chi connectivity index (χ1) is 12.0. The van der Waals surface area contributed by atoms with E-state index in [1.807, 2.05) is 6.07 Å². The van der Waals surface area contributed by atoms with Gasteiger partial charge in [0, 0.05) is 18.0 Å². The van der Waals surface area contributed by atoms with Crippen LogP contribution in [-0.2, 0) is 11.8 Å². The van der Waals surface area contributed by atoms with Crippen LogP contribution < -0.4 is 0 Å². The molecular weight excluding hydrogens is 314 g/mol. The second kappa shape index (κ2) is 5.45. The molecule has 1 saturated heterocycles. The number of benzene rings is 1. The minimum absolute atomic E-state index is 0.110. The monoisotopic (exact) mass is 343 g/mol. The van der Waals surface area contributed by atoms with E-state index in [1.165, 1.54) is 17.5 Å². The number of phenolic OH excluding ortho intramolecular Hbond substituents is 1. The number of fused-ring (bicyclic) bond motifs is 1. The molecular formula is C21H29NO3. The molecule has 0 radical (unpaired) electrons. The van der Waals surface area contributed by atoms with E-state index in [2.05, 4.69) is 11.0 Å². The van der Waals surface area contributed by atoms with Crippen molar-refractivity contribution in [3.8, 4) is 5.75 Å². The fourth-order valence-electron chi connectivity index (χ4n) is 6.49. The van der Waals surface area contributed by atoms with Crippen molar-refractivity contribution in [1.82, 2.24) is 4.90 Å². The summed E-state index contributed by atoms with van der Waals surface area (Å²) in [5, 5.41) is 31.7. The maximum absolute atomic E-state index is 12.0. The summed E-state index contributed by atoms with van der Waals surface area (Å²) < 4.78 is 0. The summed E-state index contributed by atoms with van der Waals surface area (Å²) in [5.74, 6) is 0.904. The highest BCUT2D eigenvalue weighted by Crippen LogP contribution is 2.58. The molecule has 5 rings (SSSR count). The number of aliphatic hydroxyl groups is 2. The Morgan fingerprint density at radius 2 is 1.92 bits per heavy atom. The molecule has 136 valence electrons. The molecule has 25 heavy (non-hydrogen) atoms. The van der Waals surface area contributed by atoms with Crippen LogP contribution in [0.15, 0.2) is 18.2 Å². The predicted molar refractivity (Wildman–Crippen MR) is 95.6 cm³/mol. The highest BCUT2D eigenvalue weighted by Gasteiger charge is 2.63. The van der Waals surface area contributed by atoms with Gasteiger partial charge in [-0.05, 0) is 74.2 Å². The van der Waals surface area contributed by atoms with Crippen LogP contribution in [0.3, 0.4) is 0 Å². The van der Waals surface area contributed by atoms with Gasteiger partial charge in [0.2, 0.25) is 0 Å². The van der Waals surface area contributed by atoms with Crippen LogP contribution in [0, 0.1) is 5.92 Å². The molecule has 3 aliphatic carbocycles. The van der Waals surface area contributed by atoms with Gasteiger partial charge in [-0.25, -0.2) is 0 Å². The Balaban J connectivity index is 1.54. The second-order valence-corrected chi connectivity index (χ2v) is 9.01. The summed E-state index contributed by atoms with van der Waals surface area (Å²) in [6.45, 7) is 2.03. The molecule has 1 heterocycles. The number of rotatable bonds is 2. The van der Waals surface area contributed by atoms with Gasteiger partial charge in [-0.1, -0.05) is 18.9 Å². The molecule has 3 N–H and O–H groups in total. The summed E-state index contributed by atoms with van der Waals surface area (Å²) in [5.41, 5.74) is 1.67. The predicted octanol–water partition coefficient (Wildman–Crippen LogP) is 2.34. The van der Waals surface area contributed by atoms with E-state index < -0.39 is 5.60 Å². The lowest BCUT2D eigenvalue weighted by atomic mass is 9.49. The normalized spacial score (nSPS) is 43.0. The first kappa shape index (κ1) is 16.1. The van der Waals surface area contributed by atoms with Crippen molar-refractivity contribution in [2.45, 2.75) is 74.5 Å². The number of piperidine rings is 1. The van der Waals surface area contributed by atoms with Gasteiger partial charge in [0.05, 0.1) is 11.7 Å². The Bertz CT molecular complexity index is 686. The molecule has 0 unspecified atom stereocenters. The smallest absolute Gasteiger partial charge is 0.115 e. The van der Waals surface area contributed by atoms with Crippen LogP contribution in [0.2, 0.25) is 0 Å². The zero-order valence-electron chi connectivity index (χ0n) is 14.8. The molecule has 0 aromatic heterocycles. The number of phenols is 1. The Morgan fingerprint density at radius 1 is 1.12 bits per heavy atom. The van der Waals surface area contributed by atoms with Crippen molar-refractivity contribution in [3.63, 3.8) is 0 Å². The minimum Gasteiger partial charge on any atom is -0.508 e. The average Bonchev–Trinajstić information content (AvgIpc) is 2.56. The summed E-state index contributed by atoms with van der Waals surface area (Å²) in [6.07, 6.45) is 7.74. The molecule has 4 nitrogen and oxygen atoms in total. The lowest BCUT2D eigenvalue weighted by Gasteiger charge is -2.64. The first-order valence-electron chi connectivity index (χ1n) is 9.99. The van der Waals surface area contributed by atoms with Crippen molar-refractivity contribution in [2.75, 3.05) is 13.1 Å². The third kappa shape index (κ3) is 2.17. The molecule has 2 bridgehead atoms. The fourth-order valence-corrected chi connectivity index (χ4v) is 6.49. The molecule has 4 heteroatoms. The standard InChI is InChI=1S/C21H29NO3/c23-16-4-3-15-11-19-21(25)6-2-1-5-20(21,18(15)12-16)7-8-22(19)13-14-9-17(24)10-14/h3-4,12,14,17,19,23-25H,1-2,5-11,13H2/t14?,17?,19-,20+,21-/m1/s1. The molecule has 0 spiro atoms. The number of aromatic hydroxyl groups is 1. The largest absolute Gasteiger partial charge is 0.508 e. The van der Waals surface area contributed by atoms with Crippen molar-refractivity contribution in [2.24, 2.45) is 5.92 Å². The van der Waals surface area contributed by atoms with E-state index >= 15 is 0 Å². The van der Waals surface area contributed by atoms with E-state index in [4.69, 9.17) is 0 Å². The zero-order chi connectivity index (χ0) is 17.2. The van der Waals surface area contributed by atoms with Crippen molar-refractivity contribution >= 4 is 0 Å². The van der Waals surface area contributed by atoms with Gasteiger partial charge in [0.15, 0.2) is 0 Å². The number of hydrogen-bond acceptors (Lipinski definition) is 4. The molecule has 1 aliphatic heterocycles. The van der Waals surface area contributed by atoms with Crippen molar-refractivity contribution in [1.29, 1.82) is 0 Å². The van der Waals surface area contributed by atoms with Gasteiger partial charge >= 0.3 is 0 Å². The highest BCUT2D eigenvalue weighted by molar-refractivity contribution is 5.48. The molecule has 4 aliphatic rings. The maximum Gasteiger partial charge on any atom is 0.115 e. The Labute approximate surface area is 149 Å². The van der Waals surface area contributed by atoms with Gasteiger partial charge in [-0.3, -0.25) is 4.90 Å². The van der Waals surface area contributed by atoms with Gasteiger partial charge in [0.1, 0.15) is 5.75 Å². The fraction of sp³-hybridized carbons (Fsp3) is 0.714. The molecule has 3 fully saturated rings. The third-order valence-corrected chi connectivity index (χ3v) is 7.78. The van der Waals surface area contributed by atoms with Crippen molar-refractivity contribution < 1.29 is 15.3 Å². The topological polar surface area (TPSA) is 63.9 Å². The number of hydrogen-bond donors (Lipinski definition) is 3. The number of likely N-dealkylation sites (tertiary alicyclic amines) is 1. The van der Waals surface area contributed by atoms with E-state index in [0.29, 0.717) is 11.7 Å². The van der Waals surface area contributed by atoms with E-state index in [9.17, 15) is 15.3 Å². The van der Waals surface area contributed by atoms with E-state index in [1.54, 1.807) is 6.07 Å². The van der Waals surface area contributed by atoms with Crippen molar-refractivity contribution in [3.05, 3.63) is 29.3 Å². The SMILES string of the molecule is Oc1ccc2c(c1)[C@@]13CCCC[C@@]1(O)[C@@H](C2)N(CC1CC(O)C1)CC3. The summed E-state index contributed by atoms with van der Waals surface area (Å²) in [4.78, 5) is 2.52. The van der Waals surface area contributed by atoms with Gasteiger partial charge in [-0.15, -0.1) is 0 Å². The van der Waals surface area contributed by atoms with Crippen LogP contribution in [0.5, 0.6) is 5.75 Å². The van der Waals surface area contributed by atoms with Crippen LogP contribution in [-0.4, -0.2) is 51.1 Å². The lowest BCUT2D eigenvalue weighted by molar-refractivity contribution is -0.171. The number of nitrogens with zero attached hydrogens (tertiary/aromatic N) is 1. The highest BCUT2D eigenvalue weighted by atomic mass is 16.3. The van der Waals surface area contributed by atoms with Gasteiger partial charge < -0.3 is 15.3 Å². The summed E-state index contributed by atoms with van der Waals surface area (Å²) in [7, 11) is 0. The second-order valence-electron chi connectivity index (χ2n) is 9.01. The molecule has 1 aromatic carbocycles.